The van der Waals surface area contributed by atoms with Gasteiger partial charge in [-0.2, -0.15) is 0 Å². The summed E-state index contributed by atoms with van der Waals surface area (Å²) in [6.07, 6.45) is 3.12. The van der Waals surface area contributed by atoms with E-state index < -0.39 is 0 Å². The third kappa shape index (κ3) is 3.59. The Hall–Kier alpha value is -2.77. The summed E-state index contributed by atoms with van der Waals surface area (Å²) in [6.45, 7) is 9.49. The van der Waals surface area contributed by atoms with Crippen LogP contribution in [0.4, 0.5) is 5.69 Å². The molecule has 3 aromatic heterocycles. The van der Waals surface area contributed by atoms with Crippen molar-refractivity contribution in [2.24, 2.45) is 0 Å². The number of thiazole rings is 1. The molecule has 4 heterocycles. The van der Waals surface area contributed by atoms with E-state index in [-0.39, 0.29) is 5.56 Å². The van der Waals surface area contributed by atoms with Crippen molar-refractivity contribution in [3.63, 3.8) is 0 Å². The van der Waals surface area contributed by atoms with Crippen molar-refractivity contribution in [3.05, 3.63) is 58.0 Å². The van der Waals surface area contributed by atoms with Crippen molar-refractivity contribution in [2.45, 2.75) is 20.3 Å². The number of nitrogens with zero attached hydrogens (tertiary/aromatic N) is 5. The van der Waals surface area contributed by atoms with Gasteiger partial charge in [0.15, 0.2) is 0 Å². The van der Waals surface area contributed by atoms with E-state index in [1.54, 1.807) is 21.8 Å². The van der Waals surface area contributed by atoms with Crippen molar-refractivity contribution in [3.8, 4) is 11.3 Å². The second-order valence-electron chi connectivity index (χ2n) is 7.84. The first-order valence-electron chi connectivity index (χ1n) is 10.5. The molecule has 0 atom stereocenters. The number of aromatic nitrogens is 3. The van der Waals surface area contributed by atoms with Crippen molar-refractivity contribution >= 4 is 32.9 Å². The summed E-state index contributed by atoms with van der Waals surface area (Å²) in [6, 6.07) is 11.7. The van der Waals surface area contributed by atoms with E-state index in [1.807, 2.05) is 31.3 Å². The van der Waals surface area contributed by atoms with Gasteiger partial charge in [0.2, 0.25) is 0 Å². The smallest absolute Gasteiger partial charge is 0.258 e. The van der Waals surface area contributed by atoms with Crippen LogP contribution in [0, 0.1) is 6.92 Å². The molecule has 1 saturated heterocycles. The maximum absolute atomic E-state index is 12.9. The molecule has 1 fully saturated rings. The fraction of sp³-hybridized carbons (Fsp3) is 0.348. The number of aryl methyl sites for hydroxylation is 1. The Labute approximate surface area is 179 Å². The molecule has 1 aliphatic heterocycles. The molecule has 0 saturated carbocycles. The molecule has 1 aliphatic rings. The molecular formula is C23H25N5OS. The van der Waals surface area contributed by atoms with Gasteiger partial charge in [0.05, 0.1) is 26.6 Å². The van der Waals surface area contributed by atoms with Gasteiger partial charge in [0.1, 0.15) is 5.65 Å². The third-order valence-corrected chi connectivity index (χ3v) is 6.66. The number of rotatable bonds is 4. The Balaban J connectivity index is 1.46. The lowest BCUT2D eigenvalue weighted by molar-refractivity contribution is 0.258. The zero-order chi connectivity index (χ0) is 20.7. The van der Waals surface area contributed by atoms with Crippen LogP contribution >= 0.6 is 11.3 Å². The highest BCUT2D eigenvalue weighted by Gasteiger charge is 2.17. The highest BCUT2D eigenvalue weighted by molar-refractivity contribution is 7.18. The first-order valence-corrected chi connectivity index (χ1v) is 11.3. The molecule has 6 nitrogen and oxygen atoms in total. The minimum Gasteiger partial charge on any atom is -0.368 e. The van der Waals surface area contributed by atoms with Gasteiger partial charge in [-0.05, 0) is 44.2 Å². The summed E-state index contributed by atoms with van der Waals surface area (Å²) >= 11 is 1.67. The SMILES string of the molecule is CCCN1CCN(c2ccc3nc(-c4ccc5sc(C)nc5c4)cc(=O)n3c2)CC1. The summed E-state index contributed by atoms with van der Waals surface area (Å²) in [5.74, 6) is 0. The number of pyridine rings is 1. The Morgan fingerprint density at radius 3 is 2.67 bits per heavy atom. The molecule has 0 amide bonds. The van der Waals surface area contributed by atoms with Gasteiger partial charge in [0.25, 0.3) is 5.56 Å². The minimum atomic E-state index is -0.0592. The summed E-state index contributed by atoms with van der Waals surface area (Å²) in [4.78, 5) is 27.1. The zero-order valence-corrected chi connectivity index (χ0v) is 18.2. The van der Waals surface area contributed by atoms with Crippen LogP contribution in [-0.2, 0) is 0 Å². The lowest BCUT2D eigenvalue weighted by Crippen LogP contribution is -2.46. The van der Waals surface area contributed by atoms with Crippen LogP contribution in [-0.4, -0.2) is 52.0 Å². The number of anilines is 1. The minimum absolute atomic E-state index is 0.0592. The largest absolute Gasteiger partial charge is 0.368 e. The molecule has 5 rings (SSSR count). The molecule has 0 bridgehead atoms. The zero-order valence-electron chi connectivity index (χ0n) is 17.3. The first-order chi connectivity index (χ1) is 14.6. The molecule has 154 valence electrons. The predicted molar refractivity (Wildman–Crippen MR) is 124 cm³/mol. The van der Waals surface area contributed by atoms with E-state index in [0.717, 1.165) is 59.2 Å². The Kier molecular flexibility index (Phi) is 5.00. The molecule has 0 spiro atoms. The van der Waals surface area contributed by atoms with Crippen LogP contribution in [0.15, 0.2) is 47.4 Å². The molecule has 0 N–H and O–H groups in total. The van der Waals surface area contributed by atoms with Crippen molar-refractivity contribution in [2.75, 3.05) is 37.6 Å². The van der Waals surface area contributed by atoms with Crippen LogP contribution in [0.1, 0.15) is 18.4 Å². The van der Waals surface area contributed by atoms with Crippen LogP contribution in [0.2, 0.25) is 0 Å². The quantitative estimate of drug-likeness (QED) is 0.503. The van der Waals surface area contributed by atoms with Gasteiger partial charge >= 0.3 is 0 Å². The van der Waals surface area contributed by atoms with Crippen LogP contribution in [0.25, 0.3) is 27.1 Å². The van der Waals surface area contributed by atoms with E-state index in [1.165, 1.54) is 6.42 Å². The van der Waals surface area contributed by atoms with Crippen LogP contribution < -0.4 is 10.5 Å². The molecular weight excluding hydrogens is 394 g/mol. The number of hydrogen-bond donors (Lipinski definition) is 0. The van der Waals surface area contributed by atoms with E-state index >= 15 is 0 Å². The van der Waals surface area contributed by atoms with Gasteiger partial charge in [-0.15, -0.1) is 11.3 Å². The number of piperazine rings is 1. The van der Waals surface area contributed by atoms with Gasteiger partial charge in [-0.3, -0.25) is 14.1 Å². The van der Waals surface area contributed by atoms with E-state index in [4.69, 9.17) is 4.98 Å². The monoisotopic (exact) mass is 419 g/mol. The highest BCUT2D eigenvalue weighted by atomic mass is 32.1. The summed E-state index contributed by atoms with van der Waals surface area (Å²) in [7, 11) is 0. The Bertz CT molecular complexity index is 1270. The fourth-order valence-corrected chi connectivity index (χ4v) is 4.98. The summed E-state index contributed by atoms with van der Waals surface area (Å²) < 4.78 is 2.81. The topological polar surface area (TPSA) is 53.7 Å². The Morgan fingerprint density at radius 2 is 1.87 bits per heavy atom. The lowest BCUT2D eigenvalue weighted by Gasteiger charge is -2.35. The second kappa shape index (κ2) is 7.81. The van der Waals surface area contributed by atoms with E-state index in [0.29, 0.717) is 11.3 Å². The number of benzene rings is 1. The summed E-state index contributed by atoms with van der Waals surface area (Å²) in [5.41, 5.74) is 4.25. The van der Waals surface area contributed by atoms with Gasteiger partial charge in [0, 0.05) is 44.0 Å². The fourth-order valence-electron chi connectivity index (χ4n) is 4.17. The maximum Gasteiger partial charge on any atom is 0.258 e. The average molecular weight is 420 g/mol. The van der Waals surface area contributed by atoms with Gasteiger partial charge in [-0.25, -0.2) is 9.97 Å². The first kappa shape index (κ1) is 19.2. The normalized spacial score (nSPS) is 15.3. The Morgan fingerprint density at radius 1 is 1.03 bits per heavy atom. The molecule has 30 heavy (non-hydrogen) atoms. The lowest BCUT2D eigenvalue weighted by atomic mass is 10.1. The molecule has 1 aromatic carbocycles. The van der Waals surface area contributed by atoms with Crippen molar-refractivity contribution in [1.29, 1.82) is 0 Å². The maximum atomic E-state index is 12.9. The molecule has 7 heteroatoms. The number of hydrogen-bond acceptors (Lipinski definition) is 6. The molecule has 4 aromatic rings. The van der Waals surface area contributed by atoms with Gasteiger partial charge < -0.3 is 4.90 Å². The average Bonchev–Trinajstić information content (AvgIpc) is 3.13. The molecule has 0 aliphatic carbocycles. The molecule has 0 radical (unpaired) electrons. The third-order valence-electron chi connectivity index (χ3n) is 5.71. The predicted octanol–water partition coefficient (Wildman–Crippen LogP) is 3.81. The van der Waals surface area contributed by atoms with Gasteiger partial charge in [-0.1, -0.05) is 13.0 Å². The van der Waals surface area contributed by atoms with Crippen LogP contribution in [0.3, 0.4) is 0 Å². The van der Waals surface area contributed by atoms with Crippen molar-refractivity contribution in [1.82, 2.24) is 19.3 Å². The standard InChI is InChI=1S/C23H25N5OS/c1-3-8-26-9-11-27(12-10-26)18-5-7-22-25-19(14-23(29)28(22)15-18)17-4-6-21-20(13-17)24-16(2)30-21/h4-7,13-15H,3,8-12H2,1-2H3. The van der Waals surface area contributed by atoms with E-state index in [2.05, 4.69) is 33.8 Å². The number of fused-ring (bicyclic) bond motifs is 2. The highest BCUT2D eigenvalue weighted by Crippen LogP contribution is 2.27. The van der Waals surface area contributed by atoms with Crippen LogP contribution in [0.5, 0.6) is 0 Å². The second-order valence-corrected chi connectivity index (χ2v) is 9.07. The van der Waals surface area contributed by atoms with Crippen molar-refractivity contribution < 1.29 is 0 Å². The molecule has 0 unspecified atom stereocenters. The van der Waals surface area contributed by atoms with E-state index in [9.17, 15) is 4.79 Å². The summed E-state index contributed by atoms with van der Waals surface area (Å²) in [5, 5.41) is 1.04.